The van der Waals surface area contributed by atoms with Crippen molar-refractivity contribution < 1.29 is 4.74 Å². The van der Waals surface area contributed by atoms with Crippen LogP contribution in [0.4, 0.5) is 0 Å². The lowest BCUT2D eigenvalue weighted by molar-refractivity contribution is 0.157. The molecule has 0 bridgehead atoms. The molecule has 0 radical (unpaired) electrons. The van der Waals surface area contributed by atoms with Crippen LogP contribution in [0.25, 0.3) is 0 Å². The van der Waals surface area contributed by atoms with Gasteiger partial charge in [-0.2, -0.15) is 0 Å². The molecule has 1 aliphatic rings. The summed E-state index contributed by atoms with van der Waals surface area (Å²) >= 11 is 0. The molecule has 0 atom stereocenters. The van der Waals surface area contributed by atoms with E-state index in [0.29, 0.717) is 6.54 Å². The number of benzene rings is 1. The molecule has 1 aromatic rings. The average Bonchev–Trinajstić information content (AvgIpc) is 2.54. The quantitative estimate of drug-likeness (QED) is 0.870. The van der Waals surface area contributed by atoms with Crippen molar-refractivity contribution in [2.24, 2.45) is 11.7 Å². The van der Waals surface area contributed by atoms with Crippen LogP contribution in [-0.4, -0.2) is 25.1 Å². The van der Waals surface area contributed by atoms with Crippen molar-refractivity contribution in [1.82, 2.24) is 4.90 Å². The maximum Gasteiger partial charge on any atom is 0.123 e. The Hall–Kier alpha value is -1.06. The number of rotatable bonds is 6. The molecule has 0 heterocycles. The van der Waals surface area contributed by atoms with Crippen LogP contribution in [-0.2, 0) is 13.1 Å². The molecule has 3 heteroatoms. The lowest BCUT2D eigenvalue weighted by Crippen LogP contribution is -2.34. The highest BCUT2D eigenvalue weighted by Gasteiger charge is 2.23. The molecule has 1 aromatic carbocycles. The van der Waals surface area contributed by atoms with Gasteiger partial charge >= 0.3 is 0 Å². The SMILES string of the molecule is CCC1CCC(N(C)Cc2ccc(OC)c(CN)c2)CC1. The largest absolute Gasteiger partial charge is 0.496 e. The number of nitrogens with zero attached hydrogens (tertiary/aromatic N) is 1. The van der Waals surface area contributed by atoms with Gasteiger partial charge in [-0.05, 0) is 56.3 Å². The second-order valence-electron chi connectivity index (χ2n) is 6.35. The molecule has 1 fully saturated rings. The highest BCUT2D eigenvalue weighted by atomic mass is 16.5. The molecule has 21 heavy (non-hydrogen) atoms. The van der Waals surface area contributed by atoms with Gasteiger partial charge in [-0.15, -0.1) is 0 Å². The molecular weight excluding hydrogens is 260 g/mol. The minimum atomic E-state index is 0.530. The molecule has 2 rings (SSSR count). The third kappa shape index (κ3) is 4.21. The summed E-state index contributed by atoms with van der Waals surface area (Å²) in [6, 6.07) is 7.12. The van der Waals surface area contributed by atoms with Gasteiger partial charge < -0.3 is 10.5 Å². The summed E-state index contributed by atoms with van der Waals surface area (Å²) in [6.45, 7) is 3.85. The van der Waals surface area contributed by atoms with Gasteiger partial charge in [0, 0.05) is 24.7 Å². The van der Waals surface area contributed by atoms with Crippen molar-refractivity contribution in [3.8, 4) is 5.75 Å². The van der Waals surface area contributed by atoms with E-state index in [-0.39, 0.29) is 0 Å². The fourth-order valence-corrected chi connectivity index (χ4v) is 3.50. The Bertz CT molecular complexity index is 439. The van der Waals surface area contributed by atoms with Gasteiger partial charge in [0.2, 0.25) is 0 Å². The van der Waals surface area contributed by atoms with Gasteiger partial charge in [0.1, 0.15) is 5.75 Å². The second kappa shape index (κ2) is 7.81. The second-order valence-corrected chi connectivity index (χ2v) is 6.35. The van der Waals surface area contributed by atoms with Gasteiger partial charge in [-0.25, -0.2) is 0 Å². The molecule has 0 saturated heterocycles. The average molecular weight is 290 g/mol. The Labute approximate surface area is 129 Å². The minimum Gasteiger partial charge on any atom is -0.496 e. The van der Waals surface area contributed by atoms with Crippen LogP contribution < -0.4 is 10.5 Å². The van der Waals surface area contributed by atoms with E-state index < -0.39 is 0 Å². The predicted molar refractivity (Wildman–Crippen MR) is 88.4 cm³/mol. The van der Waals surface area contributed by atoms with Crippen molar-refractivity contribution in [2.75, 3.05) is 14.2 Å². The molecule has 1 saturated carbocycles. The smallest absolute Gasteiger partial charge is 0.123 e. The summed E-state index contributed by atoms with van der Waals surface area (Å²) in [7, 11) is 3.95. The highest BCUT2D eigenvalue weighted by Crippen LogP contribution is 2.30. The predicted octanol–water partition coefficient (Wildman–Crippen LogP) is 3.55. The third-order valence-electron chi connectivity index (χ3n) is 5.01. The molecular formula is C18H30N2O. The van der Waals surface area contributed by atoms with E-state index in [4.69, 9.17) is 10.5 Å². The van der Waals surface area contributed by atoms with Crippen LogP contribution in [0.1, 0.15) is 50.2 Å². The zero-order valence-electron chi connectivity index (χ0n) is 13.8. The van der Waals surface area contributed by atoms with Crippen molar-refractivity contribution in [1.29, 1.82) is 0 Å². The van der Waals surface area contributed by atoms with Crippen LogP contribution in [0.5, 0.6) is 5.75 Å². The molecule has 3 nitrogen and oxygen atoms in total. The molecule has 118 valence electrons. The Kier molecular flexibility index (Phi) is 6.07. The zero-order valence-corrected chi connectivity index (χ0v) is 13.8. The van der Waals surface area contributed by atoms with E-state index in [1.807, 2.05) is 6.07 Å². The van der Waals surface area contributed by atoms with E-state index in [1.165, 1.54) is 37.7 Å². The first kappa shape index (κ1) is 16.3. The molecule has 0 spiro atoms. The summed E-state index contributed by atoms with van der Waals surface area (Å²) in [6.07, 6.45) is 6.81. The van der Waals surface area contributed by atoms with Crippen molar-refractivity contribution in [2.45, 2.75) is 58.2 Å². The van der Waals surface area contributed by atoms with Crippen molar-refractivity contribution in [3.05, 3.63) is 29.3 Å². The van der Waals surface area contributed by atoms with Gasteiger partial charge in [-0.1, -0.05) is 19.4 Å². The first-order valence-electron chi connectivity index (χ1n) is 8.24. The molecule has 0 aliphatic heterocycles. The van der Waals surface area contributed by atoms with Crippen LogP contribution in [0, 0.1) is 5.92 Å². The van der Waals surface area contributed by atoms with Crippen molar-refractivity contribution >= 4 is 0 Å². The normalized spacial score (nSPS) is 22.5. The topological polar surface area (TPSA) is 38.5 Å². The third-order valence-corrected chi connectivity index (χ3v) is 5.01. The van der Waals surface area contributed by atoms with Gasteiger partial charge in [-0.3, -0.25) is 4.90 Å². The monoisotopic (exact) mass is 290 g/mol. The lowest BCUT2D eigenvalue weighted by atomic mass is 9.84. The standard InChI is InChI=1S/C18H30N2O/c1-4-14-5-8-17(9-6-14)20(2)13-15-7-10-18(21-3)16(11-15)12-19/h7,10-11,14,17H,4-6,8-9,12-13,19H2,1-3H3. The van der Waals surface area contributed by atoms with Crippen LogP contribution in [0.15, 0.2) is 18.2 Å². The van der Waals surface area contributed by atoms with E-state index in [1.54, 1.807) is 7.11 Å². The Morgan fingerprint density at radius 1 is 1.24 bits per heavy atom. The molecule has 1 aliphatic carbocycles. The van der Waals surface area contributed by atoms with Crippen molar-refractivity contribution in [3.63, 3.8) is 0 Å². The first-order chi connectivity index (χ1) is 10.2. The summed E-state index contributed by atoms with van der Waals surface area (Å²) < 4.78 is 5.34. The van der Waals surface area contributed by atoms with Crippen LogP contribution >= 0.6 is 0 Å². The van der Waals surface area contributed by atoms with Crippen LogP contribution in [0.3, 0.4) is 0 Å². The molecule has 0 unspecified atom stereocenters. The van der Waals surface area contributed by atoms with E-state index in [0.717, 1.165) is 29.8 Å². The molecule has 0 amide bonds. The summed E-state index contributed by atoms with van der Waals surface area (Å²) in [5.41, 5.74) is 8.23. The number of hydrogen-bond donors (Lipinski definition) is 1. The minimum absolute atomic E-state index is 0.530. The number of hydrogen-bond acceptors (Lipinski definition) is 3. The maximum absolute atomic E-state index is 5.81. The summed E-state index contributed by atoms with van der Waals surface area (Å²) in [4.78, 5) is 2.51. The molecule has 0 aromatic heterocycles. The van der Waals surface area contributed by atoms with E-state index >= 15 is 0 Å². The van der Waals surface area contributed by atoms with E-state index in [9.17, 15) is 0 Å². The summed E-state index contributed by atoms with van der Waals surface area (Å²) in [5, 5.41) is 0. The Balaban J connectivity index is 1.95. The zero-order chi connectivity index (χ0) is 15.2. The number of methoxy groups -OCH3 is 1. The maximum atomic E-state index is 5.81. The highest BCUT2D eigenvalue weighted by molar-refractivity contribution is 5.37. The lowest BCUT2D eigenvalue weighted by Gasteiger charge is -2.34. The van der Waals surface area contributed by atoms with Crippen LogP contribution in [0.2, 0.25) is 0 Å². The number of nitrogens with two attached hydrogens (primary N) is 1. The Morgan fingerprint density at radius 3 is 2.52 bits per heavy atom. The number of ether oxygens (including phenoxy) is 1. The fraction of sp³-hybridized carbons (Fsp3) is 0.667. The van der Waals surface area contributed by atoms with Gasteiger partial charge in [0.15, 0.2) is 0 Å². The first-order valence-corrected chi connectivity index (χ1v) is 8.24. The van der Waals surface area contributed by atoms with Gasteiger partial charge in [0.25, 0.3) is 0 Å². The summed E-state index contributed by atoms with van der Waals surface area (Å²) in [5.74, 6) is 1.85. The van der Waals surface area contributed by atoms with E-state index in [2.05, 4.69) is 31.0 Å². The van der Waals surface area contributed by atoms with Gasteiger partial charge in [0.05, 0.1) is 7.11 Å². The Morgan fingerprint density at radius 2 is 1.95 bits per heavy atom. The molecule has 2 N–H and O–H groups in total. The fourth-order valence-electron chi connectivity index (χ4n) is 3.50.